The summed E-state index contributed by atoms with van der Waals surface area (Å²) in [6.07, 6.45) is -1.98. The van der Waals surface area contributed by atoms with Crippen molar-refractivity contribution < 1.29 is 18.0 Å². The van der Waals surface area contributed by atoms with Crippen LogP contribution in [0.3, 0.4) is 0 Å². The van der Waals surface area contributed by atoms with Crippen molar-refractivity contribution in [3.63, 3.8) is 0 Å². The van der Waals surface area contributed by atoms with E-state index in [9.17, 15) is 18.0 Å². The molecule has 1 aliphatic carbocycles. The van der Waals surface area contributed by atoms with E-state index < -0.39 is 12.1 Å². The molecule has 8 heteroatoms. The number of nitrogens with two attached hydrogens (primary N) is 1. The number of hydrogen-bond acceptors (Lipinski definition) is 3. The highest BCUT2D eigenvalue weighted by Crippen LogP contribution is 2.39. The number of nitrogens with zero attached hydrogens (tertiary/aromatic N) is 2. The number of halogens is 3. The molecule has 0 spiro atoms. The summed E-state index contributed by atoms with van der Waals surface area (Å²) in [6.45, 7) is 0.248. The van der Waals surface area contributed by atoms with Crippen LogP contribution >= 0.6 is 0 Å². The number of nitrogen functional groups attached to an aromatic ring is 1. The van der Waals surface area contributed by atoms with E-state index in [4.69, 9.17) is 5.73 Å². The Morgan fingerprint density at radius 3 is 2.52 bits per heavy atom. The fourth-order valence-corrected chi connectivity index (χ4v) is 2.64. The molecule has 3 N–H and O–H groups in total. The van der Waals surface area contributed by atoms with Crippen LogP contribution in [0.15, 0.2) is 6.20 Å². The number of rotatable bonds is 3. The van der Waals surface area contributed by atoms with Gasteiger partial charge in [-0.3, -0.25) is 9.48 Å². The molecule has 118 valence electrons. The molecule has 1 fully saturated rings. The van der Waals surface area contributed by atoms with Crippen LogP contribution in [0.4, 0.5) is 19.0 Å². The highest BCUT2D eigenvalue weighted by atomic mass is 19.4. The molecule has 1 aromatic rings. The third kappa shape index (κ3) is 3.68. The molecule has 1 aromatic heterocycles. The molecule has 1 amide bonds. The predicted octanol–water partition coefficient (Wildman–Crippen LogP) is 1.99. The molecule has 0 unspecified atom stereocenters. The highest BCUT2D eigenvalue weighted by Gasteiger charge is 2.42. The van der Waals surface area contributed by atoms with Crippen LogP contribution in [0.1, 0.15) is 31.2 Å². The summed E-state index contributed by atoms with van der Waals surface area (Å²) in [5.41, 5.74) is 6.46. The van der Waals surface area contributed by atoms with Crippen LogP contribution in [0, 0.1) is 11.8 Å². The van der Waals surface area contributed by atoms with Crippen molar-refractivity contribution >= 4 is 11.7 Å². The first-order chi connectivity index (χ1) is 9.79. The molecule has 0 bridgehead atoms. The second-order valence-corrected chi connectivity index (χ2v) is 5.49. The van der Waals surface area contributed by atoms with Crippen molar-refractivity contribution in [2.45, 2.75) is 38.4 Å². The molecular formula is C13H19F3N4O. The number of hydrogen-bond donors (Lipinski definition) is 2. The zero-order chi connectivity index (χ0) is 15.6. The zero-order valence-electron chi connectivity index (χ0n) is 11.8. The van der Waals surface area contributed by atoms with Gasteiger partial charge in [-0.15, -0.1) is 0 Å². The Kier molecular flexibility index (Phi) is 4.43. The van der Waals surface area contributed by atoms with E-state index in [-0.39, 0.29) is 44.1 Å². The summed E-state index contributed by atoms with van der Waals surface area (Å²) >= 11 is 0. The Balaban J connectivity index is 1.81. The number of carbonyl (C=O) groups excluding carboxylic acids is 1. The lowest BCUT2D eigenvalue weighted by atomic mass is 9.81. The summed E-state index contributed by atoms with van der Waals surface area (Å²) in [7, 11) is 1.69. The van der Waals surface area contributed by atoms with Crippen molar-refractivity contribution in [2.24, 2.45) is 18.9 Å². The number of carbonyl (C=O) groups is 1. The van der Waals surface area contributed by atoms with Crippen LogP contribution in [-0.4, -0.2) is 21.9 Å². The minimum Gasteiger partial charge on any atom is -0.384 e. The van der Waals surface area contributed by atoms with Gasteiger partial charge in [-0.1, -0.05) is 0 Å². The Morgan fingerprint density at radius 2 is 2.05 bits per heavy atom. The van der Waals surface area contributed by atoms with Gasteiger partial charge in [0.1, 0.15) is 5.82 Å². The number of nitrogens with one attached hydrogen (secondary N) is 1. The van der Waals surface area contributed by atoms with Crippen LogP contribution in [0.5, 0.6) is 0 Å². The molecule has 1 saturated carbocycles. The minimum atomic E-state index is -4.15. The van der Waals surface area contributed by atoms with Gasteiger partial charge < -0.3 is 11.1 Å². The Labute approximate surface area is 120 Å². The first-order valence-corrected chi connectivity index (χ1v) is 6.89. The minimum absolute atomic E-state index is 0.0244. The summed E-state index contributed by atoms with van der Waals surface area (Å²) < 4.78 is 39.2. The Hall–Kier alpha value is -1.73. The van der Waals surface area contributed by atoms with E-state index in [1.807, 2.05) is 0 Å². The lowest BCUT2D eigenvalue weighted by molar-refractivity contribution is -0.184. The van der Waals surface area contributed by atoms with Gasteiger partial charge in [-0.05, 0) is 25.7 Å². The standard InChI is InChI=1S/C13H19F3N4O/c1-20-11(17)9(7-19-20)6-18-12(21)8-2-4-10(5-3-8)13(14,15)16/h7-8,10H,2-6,17H2,1H3,(H,18,21). The van der Waals surface area contributed by atoms with Gasteiger partial charge >= 0.3 is 6.18 Å². The summed E-state index contributed by atoms with van der Waals surface area (Å²) in [6, 6.07) is 0. The molecule has 0 aromatic carbocycles. The molecule has 0 saturated heterocycles. The molecule has 1 aliphatic rings. The van der Waals surface area contributed by atoms with Crippen molar-refractivity contribution in [1.82, 2.24) is 15.1 Å². The van der Waals surface area contributed by atoms with Gasteiger partial charge in [0.15, 0.2) is 0 Å². The van der Waals surface area contributed by atoms with Gasteiger partial charge in [-0.25, -0.2) is 0 Å². The zero-order valence-corrected chi connectivity index (χ0v) is 11.8. The Morgan fingerprint density at radius 1 is 1.43 bits per heavy atom. The van der Waals surface area contributed by atoms with E-state index in [0.717, 1.165) is 0 Å². The lowest BCUT2D eigenvalue weighted by Gasteiger charge is -2.29. The van der Waals surface area contributed by atoms with E-state index in [1.54, 1.807) is 13.2 Å². The molecule has 0 radical (unpaired) electrons. The van der Waals surface area contributed by atoms with Gasteiger partial charge in [0.05, 0.1) is 12.1 Å². The summed E-state index contributed by atoms with van der Waals surface area (Å²) in [5, 5.41) is 6.68. The second kappa shape index (κ2) is 5.95. The lowest BCUT2D eigenvalue weighted by Crippen LogP contribution is -2.35. The predicted molar refractivity (Wildman–Crippen MR) is 71.0 cm³/mol. The smallest absolute Gasteiger partial charge is 0.384 e. The van der Waals surface area contributed by atoms with E-state index in [2.05, 4.69) is 10.4 Å². The number of aromatic nitrogens is 2. The van der Waals surface area contributed by atoms with Crippen LogP contribution in [-0.2, 0) is 18.4 Å². The fourth-order valence-electron chi connectivity index (χ4n) is 2.64. The van der Waals surface area contributed by atoms with Gasteiger partial charge in [-0.2, -0.15) is 18.3 Å². The van der Waals surface area contributed by atoms with Crippen LogP contribution in [0.25, 0.3) is 0 Å². The van der Waals surface area contributed by atoms with E-state index in [1.165, 1.54) is 4.68 Å². The SMILES string of the molecule is Cn1ncc(CNC(=O)C2CCC(C(F)(F)F)CC2)c1N. The quantitative estimate of drug-likeness (QED) is 0.897. The van der Waals surface area contributed by atoms with Crippen molar-refractivity contribution in [3.8, 4) is 0 Å². The molecule has 5 nitrogen and oxygen atoms in total. The van der Waals surface area contributed by atoms with Crippen LogP contribution < -0.4 is 11.1 Å². The first-order valence-electron chi connectivity index (χ1n) is 6.89. The number of anilines is 1. The Bertz CT molecular complexity index is 504. The third-order valence-corrected chi connectivity index (χ3v) is 4.08. The summed E-state index contributed by atoms with van der Waals surface area (Å²) in [4.78, 5) is 12.0. The molecule has 21 heavy (non-hydrogen) atoms. The monoisotopic (exact) mass is 304 g/mol. The molecule has 2 rings (SSSR count). The van der Waals surface area contributed by atoms with E-state index >= 15 is 0 Å². The third-order valence-electron chi connectivity index (χ3n) is 4.08. The number of alkyl halides is 3. The van der Waals surface area contributed by atoms with Gasteiger partial charge in [0.2, 0.25) is 5.91 Å². The van der Waals surface area contributed by atoms with Crippen molar-refractivity contribution in [1.29, 1.82) is 0 Å². The maximum Gasteiger partial charge on any atom is 0.391 e. The normalized spacial score (nSPS) is 23.0. The van der Waals surface area contributed by atoms with Crippen molar-refractivity contribution in [3.05, 3.63) is 11.8 Å². The van der Waals surface area contributed by atoms with Crippen LogP contribution in [0.2, 0.25) is 0 Å². The van der Waals surface area contributed by atoms with E-state index in [0.29, 0.717) is 11.4 Å². The molecule has 0 atom stereocenters. The summed E-state index contributed by atoms with van der Waals surface area (Å²) in [5.74, 6) is -1.35. The van der Waals surface area contributed by atoms with Gasteiger partial charge in [0, 0.05) is 25.1 Å². The average molecular weight is 304 g/mol. The first kappa shape index (κ1) is 15.7. The van der Waals surface area contributed by atoms with Gasteiger partial charge in [0.25, 0.3) is 0 Å². The molecule has 0 aliphatic heterocycles. The number of aryl methyl sites for hydroxylation is 1. The molecular weight excluding hydrogens is 285 g/mol. The largest absolute Gasteiger partial charge is 0.391 e. The average Bonchev–Trinajstić information content (AvgIpc) is 2.75. The maximum atomic E-state index is 12.6. The highest BCUT2D eigenvalue weighted by molar-refractivity contribution is 5.78. The van der Waals surface area contributed by atoms with Crippen molar-refractivity contribution in [2.75, 3.05) is 5.73 Å². The second-order valence-electron chi connectivity index (χ2n) is 5.49. The number of amides is 1. The maximum absolute atomic E-state index is 12.6. The fraction of sp³-hybridized carbons (Fsp3) is 0.692. The molecule has 1 heterocycles. The topological polar surface area (TPSA) is 72.9 Å².